The van der Waals surface area contributed by atoms with Crippen LogP contribution in [0.15, 0.2) is 36.2 Å². The molecule has 2 saturated heterocycles. The molecule has 3 rings (SSSR count). The van der Waals surface area contributed by atoms with Gasteiger partial charge in [0.2, 0.25) is 0 Å². The van der Waals surface area contributed by atoms with Gasteiger partial charge in [-0.2, -0.15) is 0 Å². The van der Waals surface area contributed by atoms with Crippen molar-refractivity contribution >= 4 is 9.84 Å². The second kappa shape index (κ2) is 6.71. The van der Waals surface area contributed by atoms with E-state index in [0.29, 0.717) is 5.75 Å². The van der Waals surface area contributed by atoms with Gasteiger partial charge in [0.15, 0.2) is 9.84 Å². The average molecular weight is 335 g/mol. The summed E-state index contributed by atoms with van der Waals surface area (Å²) in [5.41, 5.74) is 2.50. The van der Waals surface area contributed by atoms with E-state index in [4.69, 9.17) is 0 Å². The van der Waals surface area contributed by atoms with Gasteiger partial charge in [0.1, 0.15) is 0 Å². The zero-order valence-corrected chi connectivity index (χ0v) is 14.7. The van der Waals surface area contributed by atoms with Crippen molar-refractivity contribution in [3.05, 3.63) is 41.7 Å². The molecule has 1 aromatic heterocycles. The van der Waals surface area contributed by atoms with Gasteiger partial charge in [-0.25, -0.2) is 8.42 Å². The van der Waals surface area contributed by atoms with E-state index in [0.717, 1.165) is 26.2 Å². The Hall–Kier alpha value is -1.24. The number of aromatic nitrogens is 1. The molecule has 2 fully saturated rings. The van der Waals surface area contributed by atoms with Crippen LogP contribution < -0.4 is 0 Å². The smallest absolute Gasteiger partial charge is 0.153 e. The number of rotatable bonds is 4. The maximum absolute atomic E-state index is 12.2. The van der Waals surface area contributed by atoms with Gasteiger partial charge < -0.3 is 0 Å². The molecule has 2 atom stereocenters. The van der Waals surface area contributed by atoms with E-state index < -0.39 is 9.84 Å². The lowest BCUT2D eigenvalue weighted by Gasteiger charge is -2.44. The summed E-state index contributed by atoms with van der Waals surface area (Å²) < 4.78 is 24.4. The van der Waals surface area contributed by atoms with Gasteiger partial charge >= 0.3 is 0 Å². The third-order valence-electron chi connectivity index (χ3n) is 4.99. The first-order valence-electron chi connectivity index (χ1n) is 8.18. The van der Waals surface area contributed by atoms with Crippen LogP contribution in [0.5, 0.6) is 0 Å². The van der Waals surface area contributed by atoms with Crippen molar-refractivity contribution in [2.24, 2.45) is 0 Å². The highest BCUT2D eigenvalue weighted by molar-refractivity contribution is 7.91. The molecule has 23 heavy (non-hydrogen) atoms. The van der Waals surface area contributed by atoms with Gasteiger partial charge in [-0.3, -0.25) is 14.8 Å². The average Bonchev–Trinajstić information content (AvgIpc) is 2.86. The summed E-state index contributed by atoms with van der Waals surface area (Å²) >= 11 is 0. The number of allylic oxidation sites excluding steroid dienone is 1. The Balaban J connectivity index is 1.78. The van der Waals surface area contributed by atoms with Crippen molar-refractivity contribution in [2.75, 3.05) is 31.1 Å². The number of nitrogens with zero attached hydrogens (tertiary/aromatic N) is 3. The topological polar surface area (TPSA) is 53.5 Å². The fourth-order valence-electron chi connectivity index (χ4n) is 3.62. The third-order valence-corrected chi connectivity index (χ3v) is 6.69. The van der Waals surface area contributed by atoms with E-state index in [1.807, 2.05) is 19.1 Å². The monoisotopic (exact) mass is 335 g/mol. The van der Waals surface area contributed by atoms with Crippen LogP contribution in [0.1, 0.15) is 19.4 Å². The number of hydrogen-bond acceptors (Lipinski definition) is 5. The van der Waals surface area contributed by atoms with Crippen LogP contribution >= 0.6 is 0 Å². The Labute approximate surface area is 138 Å². The van der Waals surface area contributed by atoms with Crippen LogP contribution in [0.4, 0.5) is 0 Å². The molecule has 0 aliphatic carbocycles. The molecule has 0 spiro atoms. The normalized spacial score (nSPS) is 28.7. The highest BCUT2D eigenvalue weighted by atomic mass is 32.2. The Morgan fingerprint density at radius 2 is 1.83 bits per heavy atom. The molecule has 0 N–H and O–H groups in total. The zero-order chi connectivity index (χ0) is 16.4. The molecule has 126 valence electrons. The van der Waals surface area contributed by atoms with Gasteiger partial charge in [0.25, 0.3) is 0 Å². The van der Waals surface area contributed by atoms with E-state index >= 15 is 0 Å². The molecule has 0 unspecified atom stereocenters. The van der Waals surface area contributed by atoms with Gasteiger partial charge in [-0.15, -0.1) is 0 Å². The van der Waals surface area contributed by atoms with Crippen molar-refractivity contribution in [3.63, 3.8) is 0 Å². The van der Waals surface area contributed by atoms with Gasteiger partial charge in [-0.05, 0) is 31.5 Å². The SMILES string of the molecule is CC=C(C)CN1CCN(Cc2ccncc2)[C@@H]2CS(=O)(=O)C[C@@H]21. The summed E-state index contributed by atoms with van der Waals surface area (Å²) in [6.07, 6.45) is 5.70. The Bertz CT molecular complexity index is 672. The molecule has 6 heteroatoms. The lowest BCUT2D eigenvalue weighted by atomic mass is 10.0. The van der Waals surface area contributed by atoms with Crippen LogP contribution in [0.25, 0.3) is 0 Å². The lowest BCUT2D eigenvalue weighted by Crippen LogP contribution is -2.58. The molecule has 0 aromatic carbocycles. The molecule has 2 aliphatic heterocycles. The third kappa shape index (κ3) is 3.82. The maximum atomic E-state index is 12.2. The van der Waals surface area contributed by atoms with Crippen molar-refractivity contribution in [1.82, 2.24) is 14.8 Å². The van der Waals surface area contributed by atoms with Crippen LogP contribution in [0.3, 0.4) is 0 Å². The Kier molecular flexibility index (Phi) is 4.85. The van der Waals surface area contributed by atoms with Crippen LogP contribution in [-0.4, -0.2) is 66.4 Å². The molecular formula is C17H25N3O2S. The first-order valence-corrected chi connectivity index (χ1v) is 10.00. The van der Waals surface area contributed by atoms with Crippen LogP contribution in [0, 0.1) is 0 Å². The number of pyridine rings is 1. The molecule has 0 amide bonds. The summed E-state index contributed by atoms with van der Waals surface area (Å²) in [6.45, 7) is 7.66. The van der Waals surface area contributed by atoms with Crippen molar-refractivity contribution in [3.8, 4) is 0 Å². The molecule has 2 aliphatic rings. The highest BCUT2D eigenvalue weighted by Gasteiger charge is 2.46. The number of hydrogen-bond donors (Lipinski definition) is 0. The number of piperazine rings is 1. The van der Waals surface area contributed by atoms with E-state index in [2.05, 4.69) is 27.8 Å². The van der Waals surface area contributed by atoms with Gasteiger partial charge in [-0.1, -0.05) is 11.6 Å². The fourth-order valence-corrected chi connectivity index (χ4v) is 5.67. The number of sulfone groups is 1. The quantitative estimate of drug-likeness (QED) is 0.777. The van der Waals surface area contributed by atoms with E-state index in [1.54, 1.807) is 12.4 Å². The van der Waals surface area contributed by atoms with E-state index in [1.165, 1.54) is 11.1 Å². The van der Waals surface area contributed by atoms with Gasteiger partial charge in [0, 0.05) is 50.7 Å². The predicted molar refractivity (Wildman–Crippen MR) is 91.9 cm³/mol. The second-order valence-corrected chi connectivity index (χ2v) is 8.80. The van der Waals surface area contributed by atoms with Crippen molar-refractivity contribution in [2.45, 2.75) is 32.5 Å². The standard InChI is InChI=1S/C17H25N3O2S/c1-3-14(2)10-19-8-9-20(11-15-4-6-18-7-5-15)17-13-23(21,22)12-16(17)19/h3-7,16-17H,8-13H2,1-2H3/t16-,17+/m0/s1. The highest BCUT2D eigenvalue weighted by Crippen LogP contribution is 2.28. The molecule has 5 nitrogen and oxygen atoms in total. The van der Waals surface area contributed by atoms with Gasteiger partial charge in [0.05, 0.1) is 11.5 Å². The predicted octanol–water partition coefficient (Wildman–Crippen LogP) is 1.33. The Morgan fingerprint density at radius 1 is 1.22 bits per heavy atom. The van der Waals surface area contributed by atoms with Crippen LogP contribution in [0.2, 0.25) is 0 Å². The fraction of sp³-hybridized carbons (Fsp3) is 0.588. The molecule has 0 saturated carbocycles. The minimum absolute atomic E-state index is 0.103. The first-order chi connectivity index (χ1) is 11.0. The lowest BCUT2D eigenvalue weighted by molar-refractivity contribution is 0.0463. The molecule has 3 heterocycles. The number of fused-ring (bicyclic) bond motifs is 1. The summed E-state index contributed by atoms with van der Waals surface area (Å²) in [5.74, 6) is 0.579. The molecule has 0 bridgehead atoms. The minimum Gasteiger partial charge on any atom is -0.293 e. The largest absolute Gasteiger partial charge is 0.293 e. The second-order valence-electron chi connectivity index (χ2n) is 6.64. The van der Waals surface area contributed by atoms with E-state index in [9.17, 15) is 8.42 Å². The first kappa shape index (κ1) is 16.6. The van der Waals surface area contributed by atoms with Crippen molar-refractivity contribution in [1.29, 1.82) is 0 Å². The summed E-state index contributed by atoms with van der Waals surface area (Å²) in [6, 6.07) is 4.24. The summed E-state index contributed by atoms with van der Waals surface area (Å²) in [5, 5.41) is 0. The van der Waals surface area contributed by atoms with E-state index in [-0.39, 0.29) is 17.8 Å². The maximum Gasteiger partial charge on any atom is 0.153 e. The zero-order valence-electron chi connectivity index (χ0n) is 13.9. The molecular weight excluding hydrogens is 310 g/mol. The minimum atomic E-state index is -2.94. The molecule has 0 radical (unpaired) electrons. The summed E-state index contributed by atoms with van der Waals surface area (Å²) in [7, 11) is -2.94. The Morgan fingerprint density at radius 3 is 2.48 bits per heavy atom. The molecule has 1 aromatic rings. The van der Waals surface area contributed by atoms with Crippen LogP contribution in [-0.2, 0) is 16.4 Å². The summed E-state index contributed by atoms with van der Waals surface area (Å²) in [4.78, 5) is 8.75. The van der Waals surface area contributed by atoms with Crippen molar-refractivity contribution < 1.29 is 8.42 Å².